The molecule has 1 N–H and O–H groups in total. The van der Waals surface area contributed by atoms with E-state index in [1.807, 2.05) is 0 Å². The summed E-state index contributed by atoms with van der Waals surface area (Å²) in [5, 5.41) is 2.73. The average Bonchev–Trinajstić information content (AvgIpc) is 3.43. The summed E-state index contributed by atoms with van der Waals surface area (Å²) in [5.74, 6) is -0.331. The van der Waals surface area contributed by atoms with Gasteiger partial charge in [-0.1, -0.05) is 13.8 Å². The second-order valence-electron chi connectivity index (χ2n) is 7.71. The Morgan fingerprint density at radius 3 is 2.26 bits per heavy atom. The van der Waals surface area contributed by atoms with Crippen molar-refractivity contribution in [2.45, 2.75) is 44.0 Å². The van der Waals surface area contributed by atoms with Crippen LogP contribution in [0.15, 0.2) is 29.2 Å². The SMILES string of the molecule is C[C@H]1C[C@H](C)CN(S(=O)(=O)c2ccc(C(=O)OCC(=O)NC3CC3)cc2)C1. The van der Waals surface area contributed by atoms with E-state index in [1.54, 1.807) is 0 Å². The highest BCUT2D eigenvalue weighted by Crippen LogP contribution is 2.26. The number of sulfonamides is 1. The predicted molar refractivity (Wildman–Crippen MR) is 99.6 cm³/mol. The first-order valence-electron chi connectivity index (χ1n) is 9.32. The third-order valence-corrected chi connectivity index (χ3v) is 6.69. The lowest BCUT2D eigenvalue weighted by atomic mass is 9.94. The van der Waals surface area contributed by atoms with Gasteiger partial charge in [-0.2, -0.15) is 4.31 Å². The Balaban J connectivity index is 1.61. The third-order valence-electron chi connectivity index (χ3n) is 4.84. The lowest BCUT2D eigenvalue weighted by molar-refractivity contribution is -0.124. The molecule has 0 aromatic heterocycles. The zero-order valence-corrected chi connectivity index (χ0v) is 16.5. The van der Waals surface area contributed by atoms with Crippen LogP contribution in [-0.2, 0) is 19.6 Å². The van der Waals surface area contributed by atoms with E-state index in [0.29, 0.717) is 24.9 Å². The lowest BCUT2D eigenvalue weighted by Gasteiger charge is -2.34. The molecule has 1 aromatic rings. The van der Waals surface area contributed by atoms with Crippen LogP contribution in [0.1, 0.15) is 43.5 Å². The fourth-order valence-corrected chi connectivity index (χ4v) is 5.11. The molecule has 0 radical (unpaired) electrons. The van der Waals surface area contributed by atoms with E-state index in [4.69, 9.17) is 4.74 Å². The summed E-state index contributed by atoms with van der Waals surface area (Å²) in [5.41, 5.74) is 0.216. The van der Waals surface area contributed by atoms with Crippen molar-refractivity contribution < 1.29 is 22.7 Å². The first-order valence-corrected chi connectivity index (χ1v) is 10.8. The quantitative estimate of drug-likeness (QED) is 0.743. The highest BCUT2D eigenvalue weighted by Gasteiger charge is 2.31. The molecular formula is C19H26N2O5S. The summed E-state index contributed by atoms with van der Waals surface area (Å²) in [6.45, 7) is 4.78. The van der Waals surface area contributed by atoms with Crippen LogP contribution in [0.25, 0.3) is 0 Å². The van der Waals surface area contributed by atoms with Crippen LogP contribution in [0.4, 0.5) is 0 Å². The molecule has 8 heteroatoms. The van der Waals surface area contributed by atoms with Crippen LogP contribution in [0.5, 0.6) is 0 Å². The summed E-state index contributed by atoms with van der Waals surface area (Å²) in [6, 6.07) is 5.89. The molecule has 1 aliphatic heterocycles. The molecule has 148 valence electrons. The minimum atomic E-state index is -3.59. The Morgan fingerprint density at radius 1 is 1.11 bits per heavy atom. The number of carbonyl (C=O) groups is 2. The van der Waals surface area contributed by atoms with Crippen molar-refractivity contribution in [3.8, 4) is 0 Å². The van der Waals surface area contributed by atoms with Gasteiger partial charge in [0.2, 0.25) is 10.0 Å². The van der Waals surface area contributed by atoms with Gasteiger partial charge in [0.15, 0.2) is 6.61 Å². The maximum Gasteiger partial charge on any atom is 0.338 e. The zero-order chi connectivity index (χ0) is 19.6. The first kappa shape index (κ1) is 19.8. The predicted octanol–water partition coefficient (Wildman–Crippen LogP) is 1.79. The topological polar surface area (TPSA) is 92.8 Å². The highest BCUT2D eigenvalue weighted by molar-refractivity contribution is 7.89. The Hall–Kier alpha value is -1.93. The Bertz CT molecular complexity index is 792. The smallest absolute Gasteiger partial charge is 0.338 e. The van der Waals surface area contributed by atoms with Gasteiger partial charge in [0, 0.05) is 19.1 Å². The van der Waals surface area contributed by atoms with Crippen LogP contribution in [-0.4, -0.2) is 50.3 Å². The van der Waals surface area contributed by atoms with Crippen molar-refractivity contribution in [2.75, 3.05) is 19.7 Å². The molecule has 1 aromatic carbocycles. The van der Waals surface area contributed by atoms with Crippen LogP contribution in [0.3, 0.4) is 0 Å². The molecule has 1 saturated carbocycles. The molecule has 2 atom stereocenters. The molecule has 0 spiro atoms. The molecule has 0 unspecified atom stereocenters. The van der Waals surface area contributed by atoms with Gasteiger partial charge in [-0.25, -0.2) is 13.2 Å². The summed E-state index contributed by atoms with van der Waals surface area (Å²) < 4.78 is 32.2. The van der Waals surface area contributed by atoms with Gasteiger partial charge in [0.1, 0.15) is 0 Å². The van der Waals surface area contributed by atoms with E-state index in [9.17, 15) is 18.0 Å². The maximum atomic E-state index is 12.8. The van der Waals surface area contributed by atoms with Crippen molar-refractivity contribution in [3.63, 3.8) is 0 Å². The van der Waals surface area contributed by atoms with Gasteiger partial charge < -0.3 is 10.1 Å². The zero-order valence-electron chi connectivity index (χ0n) is 15.7. The minimum absolute atomic E-state index is 0.159. The first-order chi connectivity index (χ1) is 12.8. The monoisotopic (exact) mass is 394 g/mol. The van der Waals surface area contributed by atoms with Gasteiger partial charge in [0.05, 0.1) is 10.5 Å². The summed E-state index contributed by atoms with van der Waals surface area (Å²) in [4.78, 5) is 23.8. The minimum Gasteiger partial charge on any atom is -0.452 e. The van der Waals surface area contributed by atoms with Crippen molar-refractivity contribution in [1.29, 1.82) is 0 Å². The standard InChI is InChI=1S/C19H26N2O5S/c1-13-9-14(2)11-21(10-13)27(24,25)17-7-3-15(4-8-17)19(23)26-12-18(22)20-16-5-6-16/h3-4,7-8,13-14,16H,5-6,9-12H2,1-2H3,(H,20,22)/t13-,14-/m0/s1. The number of rotatable bonds is 6. The molecule has 0 bridgehead atoms. The third kappa shape index (κ3) is 5.07. The van der Waals surface area contributed by atoms with Crippen LogP contribution in [0, 0.1) is 11.8 Å². The number of piperidine rings is 1. The number of hydrogen-bond donors (Lipinski definition) is 1. The molecular weight excluding hydrogens is 368 g/mol. The summed E-state index contributed by atoms with van der Waals surface area (Å²) in [6.07, 6.45) is 2.94. The Kier molecular flexibility index (Phi) is 5.86. The molecule has 2 fully saturated rings. The van der Waals surface area contributed by atoms with Crippen molar-refractivity contribution in [3.05, 3.63) is 29.8 Å². The second-order valence-corrected chi connectivity index (χ2v) is 9.65. The maximum absolute atomic E-state index is 12.8. The molecule has 1 heterocycles. The molecule has 7 nitrogen and oxygen atoms in total. The fourth-order valence-electron chi connectivity index (χ4n) is 3.43. The molecule has 27 heavy (non-hydrogen) atoms. The van der Waals surface area contributed by atoms with E-state index in [1.165, 1.54) is 28.6 Å². The highest BCUT2D eigenvalue weighted by atomic mass is 32.2. The summed E-state index contributed by atoms with van der Waals surface area (Å²) >= 11 is 0. The number of carbonyl (C=O) groups excluding carboxylic acids is 2. The van der Waals surface area contributed by atoms with Gasteiger partial charge in [0.25, 0.3) is 5.91 Å². The number of hydrogen-bond acceptors (Lipinski definition) is 5. The molecule has 3 rings (SSSR count). The number of ether oxygens (including phenoxy) is 1. The van der Waals surface area contributed by atoms with Crippen LogP contribution < -0.4 is 5.32 Å². The van der Waals surface area contributed by atoms with Gasteiger partial charge in [-0.05, 0) is 55.4 Å². The number of nitrogens with zero attached hydrogens (tertiary/aromatic N) is 1. The van der Waals surface area contributed by atoms with Crippen molar-refractivity contribution in [1.82, 2.24) is 9.62 Å². The van der Waals surface area contributed by atoms with E-state index >= 15 is 0 Å². The van der Waals surface area contributed by atoms with Crippen LogP contribution in [0.2, 0.25) is 0 Å². The van der Waals surface area contributed by atoms with E-state index in [2.05, 4.69) is 19.2 Å². The fraction of sp³-hybridized carbons (Fsp3) is 0.579. The Morgan fingerprint density at radius 2 is 1.70 bits per heavy atom. The molecule has 1 saturated heterocycles. The van der Waals surface area contributed by atoms with Gasteiger partial charge in [-0.15, -0.1) is 0 Å². The lowest BCUT2D eigenvalue weighted by Crippen LogP contribution is -2.42. The van der Waals surface area contributed by atoms with Crippen molar-refractivity contribution in [2.24, 2.45) is 11.8 Å². The molecule has 2 aliphatic rings. The van der Waals surface area contributed by atoms with Gasteiger partial charge >= 0.3 is 5.97 Å². The van der Waals surface area contributed by atoms with Gasteiger partial charge in [-0.3, -0.25) is 4.79 Å². The van der Waals surface area contributed by atoms with E-state index < -0.39 is 16.0 Å². The van der Waals surface area contributed by atoms with E-state index in [0.717, 1.165) is 19.3 Å². The average molecular weight is 394 g/mol. The molecule has 1 aliphatic carbocycles. The molecule has 1 amide bonds. The largest absolute Gasteiger partial charge is 0.452 e. The van der Waals surface area contributed by atoms with E-state index in [-0.39, 0.29) is 29.0 Å². The number of nitrogens with one attached hydrogen (secondary N) is 1. The normalized spacial score (nSPS) is 23.6. The second kappa shape index (κ2) is 7.98. The Labute approximate surface area is 160 Å². The number of benzene rings is 1. The summed E-state index contributed by atoms with van der Waals surface area (Å²) in [7, 11) is -3.59. The van der Waals surface area contributed by atoms with Crippen molar-refractivity contribution >= 4 is 21.9 Å². The van der Waals surface area contributed by atoms with Crippen LogP contribution >= 0.6 is 0 Å². The number of amides is 1. The number of esters is 1.